The number of likely N-dealkylation sites (N-methyl/N-ethyl adjacent to an activating group) is 1. The highest BCUT2D eigenvalue weighted by molar-refractivity contribution is 9.10. The van der Waals surface area contributed by atoms with Crippen LogP contribution in [0.25, 0.3) is 0 Å². The Kier molecular flexibility index (Phi) is 3.52. The lowest BCUT2D eigenvalue weighted by molar-refractivity contribution is -0.127. The Morgan fingerprint density at radius 1 is 1.50 bits per heavy atom. The first kappa shape index (κ1) is 11.0. The Balaban J connectivity index is 2.78. The molecule has 0 saturated heterocycles. The highest BCUT2D eigenvalue weighted by atomic mass is 79.9. The summed E-state index contributed by atoms with van der Waals surface area (Å²) >= 11 is 3.32. The second kappa shape index (κ2) is 4.46. The average molecular weight is 257 g/mol. The van der Waals surface area contributed by atoms with Crippen LogP contribution in [0.15, 0.2) is 22.7 Å². The molecule has 14 heavy (non-hydrogen) atoms. The van der Waals surface area contributed by atoms with Gasteiger partial charge in [-0.25, -0.2) is 0 Å². The zero-order valence-corrected chi connectivity index (χ0v) is 9.84. The van der Waals surface area contributed by atoms with E-state index in [4.69, 9.17) is 5.73 Å². The molecule has 0 aromatic heterocycles. The van der Waals surface area contributed by atoms with Gasteiger partial charge in [0.25, 0.3) is 0 Å². The molecular formula is C10H13BrN2O. The molecule has 1 rings (SSSR count). The summed E-state index contributed by atoms with van der Waals surface area (Å²) in [5.41, 5.74) is 7.29. The number of hydrogen-bond acceptors (Lipinski definition) is 2. The van der Waals surface area contributed by atoms with Crippen LogP contribution in [0.4, 0.5) is 5.69 Å². The molecule has 0 unspecified atom stereocenters. The molecular weight excluding hydrogens is 244 g/mol. The SMILES string of the molecule is CN(C)C(=O)Cc1ccc(N)c(Br)c1. The normalized spacial score (nSPS) is 9.93. The van der Waals surface area contributed by atoms with Crippen molar-refractivity contribution in [1.29, 1.82) is 0 Å². The Hall–Kier alpha value is -1.03. The zero-order chi connectivity index (χ0) is 10.7. The number of nitrogens with zero attached hydrogens (tertiary/aromatic N) is 1. The van der Waals surface area contributed by atoms with Crippen molar-refractivity contribution in [3.05, 3.63) is 28.2 Å². The van der Waals surface area contributed by atoms with Crippen molar-refractivity contribution >= 4 is 27.5 Å². The second-order valence-corrected chi connectivity index (χ2v) is 4.18. The number of carbonyl (C=O) groups is 1. The molecule has 0 aliphatic heterocycles. The first-order chi connectivity index (χ1) is 6.50. The number of amides is 1. The van der Waals surface area contributed by atoms with E-state index in [1.165, 1.54) is 0 Å². The number of halogens is 1. The highest BCUT2D eigenvalue weighted by Gasteiger charge is 2.06. The van der Waals surface area contributed by atoms with Gasteiger partial charge < -0.3 is 10.6 Å². The Morgan fingerprint density at radius 2 is 2.14 bits per heavy atom. The molecule has 0 radical (unpaired) electrons. The first-order valence-electron chi connectivity index (χ1n) is 4.24. The highest BCUT2D eigenvalue weighted by Crippen LogP contribution is 2.20. The van der Waals surface area contributed by atoms with Crippen molar-refractivity contribution in [3.8, 4) is 0 Å². The van der Waals surface area contributed by atoms with Crippen LogP contribution in [0.5, 0.6) is 0 Å². The maximum Gasteiger partial charge on any atom is 0.226 e. The van der Waals surface area contributed by atoms with Gasteiger partial charge in [0.15, 0.2) is 0 Å². The minimum atomic E-state index is 0.0849. The minimum absolute atomic E-state index is 0.0849. The van der Waals surface area contributed by atoms with Crippen molar-refractivity contribution in [2.24, 2.45) is 0 Å². The number of benzene rings is 1. The summed E-state index contributed by atoms with van der Waals surface area (Å²) in [6.45, 7) is 0. The number of rotatable bonds is 2. The standard InChI is InChI=1S/C10H13BrN2O/c1-13(2)10(14)6-7-3-4-9(12)8(11)5-7/h3-5H,6,12H2,1-2H3. The number of anilines is 1. The molecule has 0 aliphatic carbocycles. The number of nitrogen functional groups attached to an aromatic ring is 1. The molecule has 0 heterocycles. The van der Waals surface area contributed by atoms with Crippen LogP contribution in [-0.4, -0.2) is 24.9 Å². The molecule has 1 aromatic rings. The summed E-state index contributed by atoms with van der Waals surface area (Å²) in [6.07, 6.45) is 0.409. The van der Waals surface area contributed by atoms with Gasteiger partial charge >= 0.3 is 0 Å². The minimum Gasteiger partial charge on any atom is -0.398 e. The van der Waals surface area contributed by atoms with Crippen LogP contribution in [0, 0.1) is 0 Å². The Labute approximate surface area is 92.0 Å². The van der Waals surface area contributed by atoms with E-state index in [1.807, 2.05) is 12.1 Å². The topological polar surface area (TPSA) is 46.3 Å². The molecule has 1 aromatic carbocycles. The fraction of sp³-hybridized carbons (Fsp3) is 0.300. The predicted octanol–water partition coefficient (Wildman–Crippen LogP) is 1.66. The van der Waals surface area contributed by atoms with E-state index in [0.29, 0.717) is 12.1 Å². The monoisotopic (exact) mass is 256 g/mol. The maximum atomic E-state index is 11.4. The molecule has 0 bridgehead atoms. The Morgan fingerprint density at radius 3 is 2.64 bits per heavy atom. The van der Waals surface area contributed by atoms with Gasteiger partial charge in [0.05, 0.1) is 6.42 Å². The summed E-state index contributed by atoms with van der Waals surface area (Å²) < 4.78 is 0.835. The average Bonchev–Trinajstić information content (AvgIpc) is 2.11. The first-order valence-corrected chi connectivity index (χ1v) is 5.04. The summed E-state index contributed by atoms with van der Waals surface area (Å²) in [6, 6.07) is 5.53. The third-order valence-electron chi connectivity index (χ3n) is 1.92. The van der Waals surface area contributed by atoms with Crippen molar-refractivity contribution in [3.63, 3.8) is 0 Å². The molecule has 76 valence electrons. The van der Waals surface area contributed by atoms with Gasteiger partial charge in [0, 0.05) is 24.3 Å². The lowest BCUT2D eigenvalue weighted by Crippen LogP contribution is -2.23. The number of hydrogen-bond donors (Lipinski definition) is 1. The van der Waals surface area contributed by atoms with Gasteiger partial charge in [-0.05, 0) is 33.6 Å². The molecule has 3 nitrogen and oxygen atoms in total. The Bertz CT molecular complexity index is 350. The third-order valence-corrected chi connectivity index (χ3v) is 2.61. The summed E-state index contributed by atoms with van der Waals surface area (Å²) in [4.78, 5) is 13.0. The van der Waals surface area contributed by atoms with Gasteiger partial charge in [-0.3, -0.25) is 4.79 Å². The van der Waals surface area contributed by atoms with Crippen LogP contribution < -0.4 is 5.73 Å². The summed E-state index contributed by atoms with van der Waals surface area (Å²) in [7, 11) is 3.49. The van der Waals surface area contributed by atoms with E-state index in [2.05, 4.69) is 15.9 Å². The van der Waals surface area contributed by atoms with Gasteiger partial charge in [-0.1, -0.05) is 6.07 Å². The quantitative estimate of drug-likeness (QED) is 0.819. The largest absolute Gasteiger partial charge is 0.398 e. The van der Waals surface area contributed by atoms with Crippen molar-refractivity contribution in [1.82, 2.24) is 4.90 Å². The fourth-order valence-electron chi connectivity index (χ4n) is 1.01. The van der Waals surface area contributed by atoms with Crippen LogP contribution in [0.2, 0.25) is 0 Å². The summed E-state index contributed by atoms with van der Waals surface area (Å²) in [5, 5.41) is 0. The lowest BCUT2D eigenvalue weighted by Gasteiger charge is -2.10. The molecule has 0 aliphatic rings. The second-order valence-electron chi connectivity index (χ2n) is 3.32. The van der Waals surface area contributed by atoms with Crippen LogP contribution in [0.1, 0.15) is 5.56 Å². The smallest absolute Gasteiger partial charge is 0.226 e. The van der Waals surface area contributed by atoms with Gasteiger partial charge in [0.1, 0.15) is 0 Å². The van der Waals surface area contributed by atoms with Crippen molar-refractivity contribution in [2.45, 2.75) is 6.42 Å². The number of carbonyl (C=O) groups excluding carboxylic acids is 1. The third kappa shape index (κ3) is 2.73. The van der Waals surface area contributed by atoms with Gasteiger partial charge in [-0.2, -0.15) is 0 Å². The van der Waals surface area contributed by atoms with Crippen LogP contribution in [0.3, 0.4) is 0 Å². The van der Waals surface area contributed by atoms with E-state index in [0.717, 1.165) is 10.0 Å². The summed E-state index contributed by atoms with van der Waals surface area (Å²) in [5.74, 6) is 0.0849. The maximum absolute atomic E-state index is 11.4. The van der Waals surface area contributed by atoms with E-state index < -0.39 is 0 Å². The molecule has 0 atom stereocenters. The van der Waals surface area contributed by atoms with E-state index in [1.54, 1.807) is 25.1 Å². The zero-order valence-electron chi connectivity index (χ0n) is 8.25. The van der Waals surface area contributed by atoms with Gasteiger partial charge in [0.2, 0.25) is 5.91 Å². The van der Waals surface area contributed by atoms with Crippen LogP contribution >= 0.6 is 15.9 Å². The fourth-order valence-corrected chi connectivity index (χ4v) is 1.44. The predicted molar refractivity (Wildman–Crippen MR) is 61.0 cm³/mol. The molecule has 4 heteroatoms. The molecule has 0 saturated carbocycles. The molecule has 0 fully saturated rings. The van der Waals surface area contributed by atoms with Gasteiger partial charge in [-0.15, -0.1) is 0 Å². The van der Waals surface area contributed by atoms with Crippen molar-refractivity contribution < 1.29 is 4.79 Å². The van der Waals surface area contributed by atoms with E-state index >= 15 is 0 Å². The molecule has 0 spiro atoms. The molecule has 2 N–H and O–H groups in total. The number of nitrogens with two attached hydrogens (primary N) is 1. The van der Waals surface area contributed by atoms with Crippen LogP contribution in [-0.2, 0) is 11.2 Å². The lowest BCUT2D eigenvalue weighted by atomic mass is 10.1. The molecule has 1 amide bonds. The van der Waals surface area contributed by atoms with Crippen molar-refractivity contribution in [2.75, 3.05) is 19.8 Å². The van der Waals surface area contributed by atoms with E-state index in [-0.39, 0.29) is 5.91 Å². The van der Waals surface area contributed by atoms with E-state index in [9.17, 15) is 4.79 Å².